The summed E-state index contributed by atoms with van der Waals surface area (Å²) >= 11 is 0. The smallest absolute Gasteiger partial charge is 0.261 e. The average Bonchev–Trinajstić information content (AvgIpc) is 2.54. The molecule has 0 saturated carbocycles. The van der Waals surface area contributed by atoms with Gasteiger partial charge in [-0.2, -0.15) is 5.26 Å². The molecule has 1 saturated heterocycles. The normalized spacial score (nSPS) is 16.2. The van der Waals surface area contributed by atoms with Gasteiger partial charge < -0.3 is 10.1 Å². The summed E-state index contributed by atoms with van der Waals surface area (Å²) in [5, 5.41) is 11.9. The molecule has 1 aliphatic heterocycles. The summed E-state index contributed by atoms with van der Waals surface area (Å²) in [6.07, 6.45) is 1.60. The summed E-state index contributed by atoms with van der Waals surface area (Å²) in [5.74, 6) is -0.324. The molecule has 0 spiro atoms. The van der Waals surface area contributed by atoms with Crippen LogP contribution in [0.5, 0.6) is 0 Å². The van der Waals surface area contributed by atoms with Gasteiger partial charge in [-0.25, -0.2) is 0 Å². The molecule has 0 aromatic heterocycles. The van der Waals surface area contributed by atoms with Gasteiger partial charge in [-0.3, -0.25) is 9.69 Å². The lowest BCUT2D eigenvalue weighted by molar-refractivity contribution is -0.117. The van der Waals surface area contributed by atoms with Gasteiger partial charge in [0.25, 0.3) is 5.91 Å². The van der Waals surface area contributed by atoms with Crippen LogP contribution in [0.1, 0.15) is 5.56 Å². The molecule has 0 atom stereocenters. The zero-order valence-corrected chi connectivity index (χ0v) is 11.9. The Labute approximate surface area is 124 Å². The maximum Gasteiger partial charge on any atom is 0.261 e. The number of hydrogen-bond donors (Lipinski definition) is 1. The zero-order chi connectivity index (χ0) is 14.9. The Hall–Kier alpha value is -2.16. The van der Waals surface area contributed by atoms with Crippen LogP contribution in [0.2, 0.25) is 0 Å². The maximum atomic E-state index is 12.0. The minimum absolute atomic E-state index is 0.128. The summed E-state index contributed by atoms with van der Waals surface area (Å²) in [6, 6.07) is 11.3. The Kier molecular flexibility index (Phi) is 5.95. The van der Waals surface area contributed by atoms with Gasteiger partial charge >= 0.3 is 0 Å². The minimum Gasteiger partial charge on any atom is -0.379 e. The molecule has 1 fully saturated rings. The van der Waals surface area contributed by atoms with Crippen molar-refractivity contribution in [3.8, 4) is 6.07 Å². The van der Waals surface area contributed by atoms with Crippen LogP contribution in [0.3, 0.4) is 0 Å². The van der Waals surface area contributed by atoms with Gasteiger partial charge in [0, 0.05) is 26.2 Å². The van der Waals surface area contributed by atoms with Crippen LogP contribution in [0.25, 0.3) is 6.08 Å². The summed E-state index contributed by atoms with van der Waals surface area (Å²) in [5.41, 5.74) is 0.973. The highest BCUT2D eigenvalue weighted by molar-refractivity contribution is 6.01. The molecule has 0 radical (unpaired) electrons. The first-order valence-corrected chi connectivity index (χ1v) is 7.05. The van der Waals surface area contributed by atoms with Gasteiger partial charge in [0.05, 0.1) is 13.2 Å². The number of ether oxygens (including phenoxy) is 1. The van der Waals surface area contributed by atoms with Crippen LogP contribution in [-0.2, 0) is 9.53 Å². The standard InChI is InChI=1S/C16H19N3O2/c17-13-15(12-14-4-2-1-3-5-14)16(20)18-6-7-19-8-10-21-11-9-19/h1-5,12H,6-11H2,(H,18,20)/b15-12+. The molecule has 21 heavy (non-hydrogen) atoms. The predicted molar refractivity (Wildman–Crippen MR) is 80.3 cm³/mol. The third-order valence-electron chi connectivity index (χ3n) is 3.29. The van der Waals surface area contributed by atoms with E-state index in [2.05, 4.69) is 10.2 Å². The first kappa shape index (κ1) is 15.2. The van der Waals surface area contributed by atoms with Crippen molar-refractivity contribution in [3.63, 3.8) is 0 Å². The molecular formula is C16H19N3O2. The molecule has 1 aliphatic rings. The van der Waals surface area contributed by atoms with E-state index in [0.29, 0.717) is 6.54 Å². The summed E-state index contributed by atoms with van der Waals surface area (Å²) in [4.78, 5) is 14.2. The molecule has 2 rings (SSSR count). The van der Waals surface area contributed by atoms with E-state index in [1.807, 2.05) is 36.4 Å². The Morgan fingerprint density at radius 1 is 1.33 bits per heavy atom. The third kappa shape index (κ3) is 5.03. The number of carbonyl (C=O) groups excluding carboxylic acids is 1. The van der Waals surface area contributed by atoms with Crippen molar-refractivity contribution >= 4 is 12.0 Å². The number of carbonyl (C=O) groups is 1. The van der Waals surface area contributed by atoms with E-state index in [-0.39, 0.29) is 11.5 Å². The lowest BCUT2D eigenvalue weighted by Gasteiger charge is -2.26. The van der Waals surface area contributed by atoms with Gasteiger partial charge in [-0.05, 0) is 11.6 Å². The Morgan fingerprint density at radius 2 is 2.05 bits per heavy atom. The fourth-order valence-electron chi connectivity index (χ4n) is 2.11. The molecule has 1 aromatic rings. The van der Waals surface area contributed by atoms with Gasteiger partial charge in [0.1, 0.15) is 11.6 Å². The highest BCUT2D eigenvalue weighted by Gasteiger charge is 2.12. The molecule has 0 unspecified atom stereocenters. The SMILES string of the molecule is N#C/C(=C\c1ccccc1)C(=O)NCCN1CCOCC1. The van der Waals surface area contributed by atoms with E-state index in [9.17, 15) is 4.79 Å². The lowest BCUT2D eigenvalue weighted by Crippen LogP contribution is -2.41. The average molecular weight is 285 g/mol. The quantitative estimate of drug-likeness (QED) is 0.648. The molecule has 1 N–H and O–H groups in total. The van der Waals surface area contributed by atoms with Crippen molar-refractivity contribution in [2.75, 3.05) is 39.4 Å². The first-order chi connectivity index (χ1) is 10.3. The number of amides is 1. The van der Waals surface area contributed by atoms with E-state index >= 15 is 0 Å². The number of nitriles is 1. The molecule has 110 valence electrons. The highest BCUT2D eigenvalue weighted by atomic mass is 16.5. The molecule has 0 aliphatic carbocycles. The number of morpholine rings is 1. The van der Waals surface area contributed by atoms with Crippen LogP contribution in [0.15, 0.2) is 35.9 Å². The Bertz CT molecular complexity index is 528. The van der Waals surface area contributed by atoms with E-state index < -0.39 is 0 Å². The Balaban J connectivity index is 1.83. The highest BCUT2D eigenvalue weighted by Crippen LogP contribution is 2.06. The van der Waals surface area contributed by atoms with Crippen LogP contribution < -0.4 is 5.32 Å². The number of rotatable bonds is 5. The minimum atomic E-state index is -0.324. The van der Waals surface area contributed by atoms with Gasteiger partial charge in [-0.1, -0.05) is 30.3 Å². The summed E-state index contributed by atoms with van der Waals surface area (Å²) in [6.45, 7) is 4.57. The van der Waals surface area contributed by atoms with Gasteiger partial charge in [-0.15, -0.1) is 0 Å². The topological polar surface area (TPSA) is 65.4 Å². The monoisotopic (exact) mass is 285 g/mol. The number of nitrogens with zero attached hydrogens (tertiary/aromatic N) is 2. The number of hydrogen-bond acceptors (Lipinski definition) is 4. The van der Waals surface area contributed by atoms with Crippen molar-refractivity contribution < 1.29 is 9.53 Å². The zero-order valence-electron chi connectivity index (χ0n) is 11.9. The van der Waals surface area contributed by atoms with Crippen LogP contribution in [0, 0.1) is 11.3 Å². The predicted octanol–water partition coefficient (Wildman–Crippen LogP) is 1.04. The molecule has 5 heteroatoms. The molecular weight excluding hydrogens is 266 g/mol. The van der Waals surface area contributed by atoms with E-state index in [4.69, 9.17) is 10.00 Å². The Morgan fingerprint density at radius 3 is 2.71 bits per heavy atom. The third-order valence-corrected chi connectivity index (χ3v) is 3.29. The lowest BCUT2D eigenvalue weighted by atomic mass is 10.1. The van der Waals surface area contributed by atoms with Crippen molar-refractivity contribution in [2.45, 2.75) is 0 Å². The molecule has 1 aromatic carbocycles. The number of nitrogens with one attached hydrogen (secondary N) is 1. The van der Waals surface area contributed by atoms with Crippen molar-refractivity contribution in [1.29, 1.82) is 5.26 Å². The molecule has 0 bridgehead atoms. The van der Waals surface area contributed by atoms with Crippen molar-refractivity contribution in [3.05, 3.63) is 41.5 Å². The molecule has 1 amide bonds. The van der Waals surface area contributed by atoms with Crippen LogP contribution in [0.4, 0.5) is 0 Å². The summed E-state index contributed by atoms with van der Waals surface area (Å²) < 4.78 is 5.27. The maximum absolute atomic E-state index is 12.0. The molecule has 1 heterocycles. The fraction of sp³-hybridized carbons (Fsp3) is 0.375. The second-order valence-corrected chi connectivity index (χ2v) is 4.79. The summed E-state index contributed by atoms with van der Waals surface area (Å²) in [7, 11) is 0. The number of benzene rings is 1. The van der Waals surface area contributed by atoms with E-state index in [1.165, 1.54) is 0 Å². The van der Waals surface area contributed by atoms with Crippen LogP contribution in [-0.4, -0.2) is 50.2 Å². The fourth-order valence-corrected chi connectivity index (χ4v) is 2.11. The van der Waals surface area contributed by atoms with E-state index in [1.54, 1.807) is 6.08 Å². The molecule has 5 nitrogen and oxygen atoms in total. The van der Waals surface area contributed by atoms with E-state index in [0.717, 1.165) is 38.4 Å². The van der Waals surface area contributed by atoms with Gasteiger partial charge in [0.2, 0.25) is 0 Å². The first-order valence-electron chi connectivity index (χ1n) is 7.05. The second kappa shape index (κ2) is 8.20. The van der Waals surface area contributed by atoms with Crippen molar-refractivity contribution in [1.82, 2.24) is 10.2 Å². The van der Waals surface area contributed by atoms with Crippen molar-refractivity contribution in [2.24, 2.45) is 0 Å². The van der Waals surface area contributed by atoms with Crippen LogP contribution >= 0.6 is 0 Å². The van der Waals surface area contributed by atoms with Gasteiger partial charge in [0.15, 0.2) is 0 Å². The second-order valence-electron chi connectivity index (χ2n) is 4.79. The largest absolute Gasteiger partial charge is 0.379 e.